The molecule has 0 aromatic heterocycles. The second-order valence-corrected chi connectivity index (χ2v) is 6.00. The van der Waals surface area contributed by atoms with Gasteiger partial charge < -0.3 is 10.6 Å². The lowest BCUT2D eigenvalue weighted by Gasteiger charge is -2.29. The van der Waals surface area contributed by atoms with Gasteiger partial charge in [-0.25, -0.2) is 0 Å². The molecule has 18 heavy (non-hydrogen) atoms. The first kappa shape index (κ1) is 16.0. The Morgan fingerprint density at radius 3 is 1.44 bits per heavy atom. The molecule has 1 aliphatic carbocycles. The lowest BCUT2D eigenvalue weighted by Crippen LogP contribution is -2.31. The molecule has 0 bridgehead atoms. The quantitative estimate of drug-likeness (QED) is 0.582. The second kappa shape index (κ2) is 10.8. The maximum Gasteiger partial charge on any atom is -0.00205 e. The van der Waals surface area contributed by atoms with Crippen LogP contribution in [-0.2, 0) is 0 Å². The summed E-state index contributed by atoms with van der Waals surface area (Å²) in [6.07, 6.45) is 11.1. The van der Waals surface area contributed by atoms with Crippen LogP contribution in [0.5, 0.6) is 0 Å². The van der Waals surface area contributed by atoms with Crippen LogP contribution in [0.25, 0.3) is 0 Å². The summed E-state index contributed by atoms with van der Waals surface area (Å²) < 4.78 is 0. The van der Waals surface area contributed by atoms with Crippen molar-refractivity contribution in [2.75, 3.05) is 26.2 Å². The summed E-state index contributed by atoms with van der Waals surface area (Å²) in [5.41, 5.74) is 0. The van der Waals surface area contributed by atoms with Crippen molar-refractivity contribution in [3.8, 4) is 0 Å². The monoisotopic (exact) mass is 254 g/mol. The van der Waals surface area contributed by atoms with Crippen LogP contribution in [0.1, 0.15) is 65.2 Å². The predicted molar refractivity (Wildman–Crippen MR) is 81.0 cm³/mol. The molecule has 0 aromatic carbocycles. The van der Waals surface area contributed by atoms with Crippen molar-refractivity contribution in [3.05, 3.63) is 0 Å². The van der Waals surface area contributed by atoms with E-state index in [-0.39, 0.29) is 0 Å². The minimum absolute atomic E-state index is 0.953. The molecule has 2 N–H and O–H groups in total. The molecular weight excluding hydrogens is 220 g/mol. The molecule has 108 valence electrons. The molecule has 0 amide bonds. The van der Waals surface area contributed by atoms with Crippen molar-refractivity contribution in [2.24, 2.45) is 11.8 Å². The maximum absolute atomic E-state index is 3.62. The Bertz CT molecular complexity index is 154. The third-order valence-electron chi connectivity index (χ3n) is 4.25. The zero-order valence-electron chi connectivity index (χ0n) is 12.6. The minimum Gasteiger partial charge on any atom is -0.316 e. The molecular formula is C16H34N2. The zero-order chi connectivity index (χ0) is 13.1. The van der Waals surface area contributed by atoms with Gasteiger partial charge in [0.1, 0.15) is 0 Å². The van der Waals surface area contributed by atoms with Gasteiger partial charge in [-0.3, -0.25) is 0 Å². The molecule has 1 rings (SSSR count). The molecule has 2 nitrogen and oxygen atoms in total. The average Bonchev–Trinajstić information content (AvgIpc) is 2.41. The first-order valence-electron chi connectivity index (χ1n) is 8.28. The lowest BCUT2D eigenvalue weighted by molar-refractivity contribution is 0.261. The molecule has 0 heterocycles. The molecule has 2 heteroatoms. The van der Waals surface area contributed by atoms with Crippen LogP contribution in [0.4, 0.5) is 0 Å². The number of unbranched alkanes of at least 4 members (excludes halogenated alkanes) is 2. The van der Waals surface area contributed by atoms with Crippen LogP contribution in [0.2, 0.25) is 0 Å². The van der Waals surface area contributed by atoms with Crippen molar-refractivity contribution in [3.63, 3.8) is 0 Å². The normalized spacial score (nSPS) is 24.3. The Morgan fingerprint density at radius 2 is 1.11 bits per heavy atom. The highest BCUT2D eigenvalue weighted by Crippen LogP contribution is 2.27. The van der Waals surface area contributed by atoms with E-state index in [1.54, 1.807) is 0 Å². The van der Waals surface area contributed by atoms with Gasteiger partial charge in [-0.15, -0.1) is 0 Å². The van der Waals surface area contributed by atoms with E-state index >= 15 is 0 Å². The highest BCUT2D eigenvalue weighted by molar-refractivity contribution is 4.75. The van der Waals surface area contributed by atoms with Crippen LogP contribution in [0.15, 0.2) is 0 Å². The number of rotatable bonds is 10. The van der Waals surface area contributed by atoms with E-state index in [1.807, 2.05) is 0 Å². The molecule has 0 radical (unpaired) electrons. The van der Waals surface area contributed by atoms with Gasteiger partial charge in [0.05, 0.1) is 0 Å². The van der Waals surface area contributed by atoms with Gasteiger partial charge in [0.25, 0.3) is 0 Å². The molecule has 0 atom stereocenters. The second-order valence-electron chi connectivity index (χ2n) is 6.00. The molecule has 1 aliphatic rings. The van der Waals surface area contributed by atoms with Gasteiger partial charge >= 0.3 is 0 Å². The Hall–Kier alpha value is -0.0800. The highest BCUT2D eigenvalue weighted by atomic mass is 14.9. The van der Waals surface area contributed by atoms with Gasteiger partial charge in [0.2, 0.25) is 0 Å². The van der Waals surface area contributed by atoms with Crippen LogP contribution in [-0.4, -0.2) is 26.2 Å². The topological polar surface area (TPSA) is 24.1 Å². The fraction of sp³-hybridized carbons (Fsp3) is 1.00. The van der Waals surface area contributed by atoms with Crippen LogP contribution < -0.4 is 10.6 Å². The minimum atomic E-state index is 0.953. The van der Waals surface area contributed by atoms with Crippen molar-refractivity contribution in [2.45, 2.75) is 65.2 Å². The summed E-state index contributed by atoms with van der Waals surface area (Å²) in [7, 11) is 0. The average molecular weight is 254 g/mol. The summed E-state index contributed by atoms with van der Waals surface area (Å²) in [4.78, 5) is 0. The van der Waals surface area contributed by atoms with E-state index in [0.717, 1.165) is 11.8 Å². The summed E-state index contributed by atoms with van der Waals surface area (Å²) >= 11 is 0. The van der Waals surface area contributed by atoms with Gasteiger partial charge in [0.15, 0.2) is 0 Å². The SMILES string of the molecule is CCCCNCC1CCC(CNCCCC)CC1. The van der Waals surface area contributed by atoms with Gasteiger partial charge in [-0.1, -0.05) is 26.7 Å². The third-order valence-corrected chi connectivity index (χ3v) is 4.25. The predicted octanol–water partition coefficient (Wildman–Crippen LogP) is 3.57. The summed E-state index contributed by atoms with van der Waals surface area (Å²) in [5.74, 6) is 1.91. The molecule has 0 aliphatic heterocycles. The van der Waals surface area contributed by atoms with E-state index in [1.165, 1.54) is 77.5 Å². The van der Waals surface area contributed by atoms with Crippen molar-refractivity contribution in [1.29, 1.82) is 0 Å². The Balaban J connectivity index is 1.95. The molecule has 0 saturated heterocycles. The van der Waals surface area contributed by atoms with Gasteiger partial charge in [-0.2, -0.15) is 0 Å². The smallest absolute Gasteiger partial charge is 0.00205 e. The molecule has 1 saturated carbocycles. The van der Waals surface area contributed by atoms with Crippen LogP contribution in [0.3, 0.4) is 0 Å². The third kappa shape index (κ3) is 7.38. The molecule has 0 spiro atoms. The molecule has 1 fully saturated rings. The maximum atomic E-state index is 3.62. The molecule has 0 aromatic rings. The summed E-state index contributed by atoms with van der Waals surface area (Å²) in [6.45, 7) is 9.48. The van der Waals surface area contributed by atoms with Gasteiger partial charge in [-0.05, 0) is 76.5 Å². The van der Waals surface area contributed by atoms with E-state index in [9.17, 15) is 0 Å². The summed E-state index contributed by atoms with van der Waals surface area (Å²) in [6, 6.07) is 0. The zero-order valence-corrected chi connectivity index (χ0v) is 12.6. The summed E-state index contributed by atoms with van der Waals surface area (Å²) in [5, 5.41) is 7.23. The fourth-order valence-electron chi connectivity index (χ4n) is 2.86. The number of hydrogen-bond donors (Lipinski definition) is 2. The van der Waals surface area contributed by atoms with Crippen LogP contribution in [0, 0.1) is 11.8 Å². The lowest BCUT2D eigenvalue weighted by atomic mass is 9.82. The Kier molecular flexibility index (Phi) is 9.59. The molecule has 0 unspecified atom stereocenters. The van der Waals surface area contributed by atoms with Crippen molar-refractivity contribution in [1.82, 2.24) is 10.6 Å². The highest BCUT2D eigenvalue weighted by Gasteiger charge is 2.20. The first-order valence-corrected chi connectivity index (χ1v) is 8.28. The first-order chi connectivity index (χ1) is 8.86. The number of nitrogens with one attached hydrogen (secondary N) is 2. The van der Waals surface area contributed by atoms with Crippen molar-refractivity contribution >= 4 is 0 Å². The van der Waals surface area contributed by atoms with Crippen molar-refractivity contribution < 1.29 is 0 Å². The van der Waals surface area contributed by atoms with E-state index in [0.29, 0.717) is 0 Å². The Labute approximate surface area is 114 Å². The van der Waals surface area contributed by atoms with Crippen LogP contribution >= 0.6 is 0 Å². The standard InChI is InChI=1S/C16H34N2/c1-3-5-11-17-13-15-7-9-16(10-8-15)14-18-12-6-4-2/h15-18H,3-14H2,1-2H3. The Morgan fingerprint density at radius 1 is 0.722 bits per heavy atom. The van der Waals surface area contributed by atoms with Gasteiger partial charge in [0, 0.05) is 0 Å². The fourth-order valence-corrected chi connectivity index (χ4v) is 2.86. The van der Waals surface area contributed by atoms with E-state index in [2.05, 4.69) is 24.5 Å². The van der Waals surface area contributed by atoms with E-state index < -0.39 is 0 Å². The van der Waals surface area contributed by atoms with E-state index in [4.69, 9.17) is 0 Å². The number of hydrogen-bond acceptors (Lipinski definition) is 2. The largest absolute Gasteiger partial charge is 0.316 e.